The Morgan fingerprint density at radius 1 is 1.35 bits per heavy atom. The molecule has 0 aromatic heterocycles. The molecule has 1 aliphatic heterocycles. The topological polar surface area (TPSA) is 93.1 Å². The van der Waals surface area contributed by atoms with Crippen molar-refractivity contribution >= 4 is 11.9 Å². The molecule has 1 saturated heterocycles. The molecule has 0 bridgehead atoms. The number of amides is 3. The number of aliphatic hydroxyl groups is 2. The summed E-state index contributed by atoms with van der Waals surface area (Å²) in [6.45, 7) is 2.21. The van der Waals surface area contributed by atoms with E-state index in [1.807, 2.05) is 0 Å². The minimum Gasteiger partial charge on any atom is -0.393 e. The van der Waals surface area contributed by atoms with Gasteiger partial charge in [0.15, 0.2) is 0 Å². The van der Waals surface area contributed by atoms with Crippen molar-refractivity contribution in [1.29, 1.82) is 0 Å². The van der Waals surface area contributed by atoms with Gasteiger partial charge in [-0.2, -0.15) is 0 Å². The number of nitrogens with zero attached hydrogens (tertiary/aromatic N) is 2. The molecule has 0 aliphatic carbocycles. The van der Waals surface area contributed by atoms with Crippen molar-refractivity contribution in [2.24, 2.45) is 5.92 Å². The molecule has 1 unspecified atom stereocenters. The van der Waals surface area contributed by atoms with Crippen LogP contribution in [0.15, 0.2) is 0 Å². The van der Waals surface area contributed by atoms with E-state index in [4.69, 9.17) is 5.11 Å². The Morgan fingerprint density at radius 3 is 2.35 bits per heavy atom. The predicted molar refractivity (Wildman–Crippen MR) is 74.1 cm³/mol. The van der Waals surface area contributed by atoms with E-state index < -0.39 is 12.2 Å². The van der Waals surface area contributed by atoms with E-state index in [1.165, 1.54) is 11.8 Å². The molecule has 20 heavy (non-hydrogen) atoms. The van der Waals surface area contributed by atoms with Crippen molar-refractivity contribution < 1.29 is 19.8 Å². The van der Waals surface area contributed by atoms with E-state index in [1.54, 1.807) is 19.0 Å². The highest BCUT2D eigenvalue weighted by atomic mass is 16.3. The van der Waals surface area contributed by atoms with Gasteiger partial charge in [-0.05, 0) is 19.8 Å². The molecule has 1 aliphatic rings. The van der Waals surface area contributed by atoms with E-state index in [0.717, 1.165) is 0 Å². The zero-order valence-electron chi connectivity index (χ0n) is 12.4. The Balaban J connectivity index is 2.38. The van der Waals surface area contributed by atoms with E-state index in [-0.39, 0.29) is 24.4 Å². The molecule has 0 saturated carbocycles. The average Bonchev–Trinajstić information content (AvgIpc) is 2.44. The minimum atomic E-state index is -1.29. The third-order valence-corrected chi connectivity index (χ3v) is 3.50. The smallest absolute Gasteiger partial charge is 0.319 e. The number of hydrogen-bond acceptors (Lipinski definition) is 4. The summed E-state index contributed by atoms with van der Waals surface area (Å²) in [7, 11) is 3.41. The lowest BCUT2D eigenvalue weighted by molar-refractivity contribution is -0.127. The molecule has 0 radical (unpaired) electrons. The van der Waals surface area contributed by atoms with Crippen LogP contribution in [0, 0.1) is 5.92 Å². The average molecular weight is 287 g/mol. The van der Waals surface area contributed by atoms with Crippen molar-refractivity contribution in [2.75, 3.05) is 40.3 Å². The normalized spacial score (nSPS) is 19.4. The van der Waals surface area contributed by atoms with E-state index in [2.05, 4.69) is 5.32 Å². The number of likely N-dealkylation sites (tertiary alicyclic amines) is 1. The van der Waals surface area contributed by atoms with E-state index in [9.17, 15) is 14.7 Å². The van der Waals surface area contributed by atoms with Gasteiger partial charge in [-0.3, -0.25) is 4.79 Å². The quantitative estimate of drug-likeness (QED) is 0.633. The van der Waals surface area contributed by atoms with Crippen LogP contribution in [0.25, 0.3) is 0 Å². The second kappa shape index (κ2) is 6.90. The zero-order valence-corrected chi connectivity index (χ0v) is 12.4. The minimum absolute atomic E-state index is 0.0270. The first-order valence-corrected chi connectivity index (χ1v) is 6.84. The highest BCUT2D eigenvalue weighted by Gasteiger charge is 2.29. The number of rotatable bonds is 4. The summed E-state index contributed by atoms with van der Waals surface area (Å²) in [5.41, 5.74) is -1.29. The molecular formula is C13H25N3O4. The van der Waals surface area contributed by atoms with Crippen LogP contribution in [-0.2, 0) is 4.79 Å². The van der Waals surface area contributed by atoms with Gasteiger partial charge in [0.05, 0.1) is 6.61 Å². The van der Waals surface area contributed by atoms with Crippen LogP contribution in [0.2, 0.25) is 0 Å². The van der Waals surface area contributed by atoms with Gasteiger partial charge in [0.25, 0.3) is 0 Å². The third kappa shape index (κ3) is 4.64. The van der Waals surface area contributed by atoms with Crippen molar-refractivity contribution in [3.8, 4) is 0 Å². The van der Waals surface area contributed by atoms with Crippen LogP contribution in [0.3, 0.4) is 0 Å². The lowest BCUT2D eigenvalue weighted by atomic mass is 9.95. The second-order valence-corrected chi connectivity index (χ2v) is 5.81. The lowest BCUT2D eigenvalue weighted by Gasteiger charge is -2.33. The Bertz CT molecular complexity index is 350. The first-order valence-electron chi connectivity index (χ1n) is 6.84. The fourth-order valence-electron chi connectivity index (χ4n) is 2.09. The van der Waals surface area contributed by atoms with Crippen molar-refractivity contribution in [3.63, 3.8) is 0 Å². The van der Waals surface area contributed by atoms with Gasteiger partial charge < -0.3 is 25.3 Å². The van der Waals surface area contributed by atoms with E-state index in [0.29, 0.717) is 25.9 Å². The van der Waals surface area contributed by atoms with E-state index >= 15 is 0 Å². The Hall–Kier alpha value is -1.34. The third-order valence-electron chi connectivity index (χ3n) is 3.50. The van der Waals surface area contributed by atoms with Crippen molar-refractivity contribution in [2.45, 2.75) is 25.4 Å². The molecule has 3 amide bonds. The van der Waals surface area contributed by atoms with Gasteiger partial charge in [0.2, 0.25) is 5.91 Å². The number of carbonyl (C=O) groups is 2. The van der Waals surface area contributed by atoms with Crippen LogP contribution >= 0.6 is 0 Å². The van der Waals surface area contributed by atoms with Gasteiger partial charge in [-0.15, -0.1) is 0 Å². The molecule has 7 nitrogen and oxygen atoms in total. The number of nitrogens with one attached hydrogen (secondary N) is 1. The molecule has 3 N–H and O–H groups in total. The van der Waals surface area contributed by atoms with Crippen molar-refractivity contribution in [3.05, 3.63) is 0 Å². The molecule has 1 fully saturated rings. The maximum absolute atomic E-state index is 12.0. The molecule has 1 rings (SSSR count). The summed E-state index contributed by atoms with van der Waals surface area (Å²) in [5.74, 6) is -0.272. The summed E-state index contributed by atoms with van der Waals surface area (Å²) in [5, 5.41) is 21.2. The largest absolute Gasteiger partial charge is 0.393 e. The zero-order chi connectivity index (χ0) is 15.3. The van der Waals surface area contributed by atoms with Crippen LogP contribution in [0.5, 0.6) is 0 Å². The monoisotopic (exact) mass is 287 g/mol. The molecule has 116 valence electrons. The number of piperidine rings is 1. The number of aliphatic hydroxyl groups excluding tert-OH is 1. The molecule has 0 spiro atoms. The molecule has 0 aromatic rings. The summed E-state index contributed by atoms with van der Waals surface area (Å²) in [6.07, 6.45) is 1.24. The fourth-order valence-corrected chi connectivity index (χ4v) is 2.09. The van der Waals surface area contributed by atoms with Crippen LogP contribution in [0.4, 0.5) is 4.79 Å². The van der Waals surface area contributed by atoms with Crippen LogP contribution in [0.1, 0.15) is 19.8 Å². The molecule has 0 aromatic carbocycles. The first-order chi connectivity index (χ1) is 9.26. The van der Waals surface area contributed by atoms with Crippen molar-refractivity contribution in [1.82, 2.24) is 15.1 Å². The summed E-state index contributed by atoms with van der Waals surface area (Å²) in [6, 6.07) is -0.0351. The van der Waals surface area contributed by atoms with Gasteiger partial charge in [0, 0.05) is 39.6 Å². The van der Waals surface area contributed by atoms with Crippen LogP contribution in [-0.4, -0.2) is 77.9 Å². The maximum Gasteiger partial charge on any atom is 0.319 e. The fraction of sp³-hybridized carbons (Fsp3) is 0.846. The Morgan fingerprint density at radius 2 is 1.90 bits per heavy atom. The van der Waals surface area contributed by atoms with Crippen LogP contribution < -0.4 is 5.32 Å². The SMILES string of the molecule is CN(C)C(=O)N1CCC(C(=O)NCC(C)(O)CO)CC1. The maximum atomic E-state index is 12.0. The highest BCUT2D eigenvalue weighted by molar-refractivity contribution is 5.79. The second-order valence-electron chi connectivity index (χ2n) is 5.81. The number of urea groups is 1. The number of carbonyl (C=O) groups excluding carboxylic acids is 2. The molecule has 1 atom stereocenters. The Labute approximate surface area is 119 Å². The Kier molecular flexibility index (Phi) is 5.76. The highest BCUT2D eigenvalue weighted by Crippen LogP contribution is 2.18. The van der Waals surface area contributed by atoms with Gasteiger partial charge in [-0.1, -0.05) is 0 Å². The molecule has 1 heterocycles. The predicted octanol–water partition coefficient (Wildman–Crippen LogP) is -0.760. The molecular weight excluding hydrogens is 262 g/mol. The summed E-state index contributed by atoms with van der Waals surface area (Å²) in [4.78, 5) is 27.0. The number of hydrogen-bond donors (Lipinski definition) is 3. The van der Waals surface area contributed by atoms with Gasteiger partial charge in [0.1, 0.15) is 5.60 Å². The van der Waals surface area contributed by atoms with Gasteiger partial charge in [-0.25, -0.2) is 4.79 Å². The standard InChI is InChI=1S/C13H25N3O4/c1-13(20,9-17)8-14-11(18)10-4-6-16(7-5-10)12(19)15(2)3/h10,17,20H,4-9H2,1-3H3,(H,14,18). The first kappa shape index (κ1) is 16.7. The lowest BCUT2D eigenvalue weighted by Crippen LogP contribution is -2.49. The summed E-state index contributed by atoms with van der Waals surface area (Å²) >= 11 is 0. The summed E-state index contributed by atoms with van der Waals surface area (Å²) < 4.78 is 0. The van der Waals surface area contributed by atoms with Gasteiger partial charge >= 0.3 is 6.03 Å². The molecule has 7 heteroatoms.